The van der Waals surface area contributed by atoms with Crippen molar-refractivity contribution in [2.45, 2.75) is 26.4 Å². The van der Waals surface area contributed by atoms with Crippen molar-refractivity contribution in [1.82, 2.24) is 9.88 Å². The highest BCUT2D eigenvalue weighted by Crippen LogP contribution is 2.27. The van der Waals surface area contributed by atoms with Gasteiger partial charge in [0.15, 0.2) is 0 Å². The fourth-order valence-electron chi connectivity index (χ4n) is 2.99. The molecule has 1 aromatic carbocycles. The van der Waals surface area contributed by atoms with Gasteiger partial charge in [-0.1, -0.05) is 44.2 Å². The van der Waals surface area contributed by atoms with Gasteiger partial charge in [0.05, 0.1) is 17.6 Å². The van der Waals surface area contributed by atoms with Gasteiger partial charge in [0.1, 0.15) is 6.61 Å². The first-order valence-corrected chi connectivity index (χ1v) is 9.70. The predicted octanol–water partition coefficient (Wildman–Crippen LogP) is 4.43. The van der Waals surface area contributed by atoms with E-state index in [0.717, 1.165) is 34.5 Å². The number of halogens is 1. The number of benzene rings is 1. The van der Waals surface area contributed by atoms with E-state index >= 15 is 0 Å². The number of amides is 1. The monoisotopic (exact) mass is 417 g/mol. The minimum Gasteiger partial charge on any atom is -0.445 e. The van der Waals surface area contributed by atoms with E-state index < -0.39 is 0 Å². The maximum atomic E-state index is 12.3. The van der Waals surface area contributed by atoms with E-state index in [9.17, 15) is 4.79 Å². The van der Waals surface area contributed by atoms with Crippen LogP contribution < -0.4 is 4.90 Å². The van der Waals surface area contributed by atoms with Crippen molar-refractivity contribution in [3.63, 3.8) is 0 Å². The van der Waals surface area contributed by atoms with Gasteiger partial charge < -0.3 is 14.5 Å². The molecular weight excluding hydrogens is 394 g/mol. The molecule has 26 heavy (non-hydrogen) atoms. The van der Waals surface area contributed by atoms with Crippen LogP contribution in [0.4, 0.5) is 10.5 Å². The molecule has 1 aliphatic heterocycles. The Balaban J connectivity index is 1.52. The van der Waals surface area contributed by atoms with E-state index in [1.54, 1.807) is 4.90 Å². The Labute approximate surface area is 163 Å². The molecule has 1 fully saturated rings. The van der Waals surface area contributed by atoms with Crippen LogP contribution in [-0.4, -0.2) is 42.2 Å². The van der Waals surface area contributed by atoms with Crippen molar-refractivity contribution in [2.75, 3.05) is 31.1 Å². The first kappa shape index (κ1) is 18.7. The molecule has 0 atom stereocenters. The number of anilines is 1. The maximum absolute atomic E-state index is 12.3. The number of aromatic nitrogens is 1. The Morgan fingerprint density at radius 3 is 2.50 bits per heavy atom. The summed E-state index contributed by atoms with van der Waals surface area (Å²) in [5, 5.41) is 0. The topological polar surface area (TPSA) is 45.7 Å². The van der Waals surface area contributed by atoms with Crippen LogP contribution in [0.2, 0.25) is 0 Å². The van der Waals surface area contributed by atoms with E-state index in [0.29, 0.717) is 25.6 Å². The van der Waals surface area contributed by atoms with Crippen LogP contribution in [0.5, 0.6) is 0 Å². The summed E-state index contributed by atoms with van der Waals surface area (Å²) >= 11 is 3.62. The molecule has 5 nitrogen and oxygen atoms in total. The molecule has 2 aromatic rings. The maximum Gasteiger partial charge on any atom is 0.410 e. The fraction of sp³-hybridized carbons (Fsp3) is 0.400. The van der Waals surface area contributed by atoms with Gasteiger partial charge in [-0.05, 0) is 33.5 Å². The molecule has 1 aromatic heterocycles. The molecule has 0 saturated carbocycles. The van der Waals surface area contributed by atoms with Gasteiger partial charge >= 0.3 is 6.09 Å². The molecule has 138 valence electrons. The fourth-order valence-corrected chi connectivity index (χ4v) is 3.79. The SMILES string of the molecule is CC(C)c1ncc(N2CCN(C(=O)OCc3ccccc3)CC2)cc1Br. The quantitative estimate of drug-likeness (QED) is 0.737. The molecule has 0 unspecified atom stereocenters. The number of carbonyl (C=O) groups is 1. The van der Waals surface area contributed by atoms with E-state index in [2.05, 4.69) is 45.7 Å². The van der Waals surface area contributed by atoms with Crippen molar-refractivity contribution in [3.8, 4) is 0 Å². The van der Waals surface area contributed by atoms with E-state index in [1.807, 2.05) is 36.5 Å². The van der Waals surface area contributed by atoms with Gasteiger partial charge in [0.25, 0.3) is 0 Å². The molecule has 3 rings (SSSR count). The zero-order chi connectivity index (χ0) is 18.5. The lowest BCUT2D eigenvalue weighted by molar-refractivity contribution is 0.0942. The van der Waals surface area contributed by atoms with Crippen LogP contribution in [0.1, 0.15) is 31.0 Å². The van der Waals surface area contributed by atoms with E-state index in [4.69, 9.17) is 4.74 Å². The lowest BCUT2D eigenvalue weighted by Crippen LogP contribution is -2.49. The molecule has 1 amide bonds. The zero-order valence-electron chi connectivity index (χ0n) is 15.2. The number of ether oxygens (including phenoxy) is 1. The summed E-state index contributed by atoms with van der Waals surface area (Å²) in [7, 11) is 0. The minimum absolute atomic E-state index is 0.247. The highest BCUT2D eigenvalue weighted by molar-refractivity contribution is 9.10. The molecule has 0 N–H and O–H groups in total. The second-order valence-corrected chi connectivity index (χ2v) is 7.58. The molecule has 0 spiro atoms. The molecule has 0 bridgehead atoms. The molecule has 6 heteroatoms. The number of rotatable bonds is 4. The molecule has 1 aliphatic rings. The summed E-state index contributed by atoms with van der Waals surface area (Å²) in [4.78, 5) is 20.9. The molecule has 0 aliphatic carbocycles. The Kier molecular flexibility index (Phi) is 6.14. The zero-order valence-corrected chi connectivity index (χ0v) is 16.8. The molecular formula is C20H24BrN3O2. The van der Waals surface area contributed by atoms with Gasteiger partial charge in [-0.15, -0.1) is 0 Å². The summed E-state index contributed by atoms with van der Waals surface area (Å²) in [5.74, 6) is 0.384. The Bertz CT molecular complexity index is 744. The minimum atomic E-state index is -0.247. The number of pyridine rings is 1. The van der Waals surface area contributed by atoms with Crippen LogP contribution in [0.25, 0.3) is 0 Å². The largest absolute Gasteiger partial charge is 0.445 e. The summed E-state index contributed by atoms with van der Waals surface area (Å²) in [5.41, 5.74) is 3.15. The first-order valence-electron chi connectivity index (χ1n) is 8.90. The van der Waals surface area contributed by atoms with Gasteiger partial charge in [-0.2, -0.15) is 0 Å². The van der Waals surface area contributed by atoms with E-state index in [1.165, 1.54) is 0 Å². The smallest absolute Gasteiger partial charge is 0.410 e. The van der Waals surface area contributed by atoms with Crippen LogP contribution in [0.15, 0.2) is 47.1 Å². The number of hydrogen-bond donors (Lipinski definition) is 0. The predicted molar refractivity (Wildman–Crippen MR) is 106 cm³/mol. The van der Waals surface area contributed by atoms with Crippen LogP contribution >= 0.6 is 15.9 Å². The van der Waals surface area contributed by atoms with Gasteiger partial charge in [-0.25, -0.2) is 4.79 Å². The second kappa shape index (κ2) is 8.54. The number of piperazine rings is 1. The third kappa shape index (κ3) is 4.55. The van der Waals surface area contributed by atoms with Crippen LogP contribution in [0.3, 0.4) is 0 Å². The summed E-state index contributed by atoms with van der Waals surface area (Å²) in [6.45, 7) is 7.42. The molecule has 0 radical (unpaired) electrons. The van der Waals surface area contributed by atoms with Crippen molar-refractivity contribution < 1.29 is 9.53 Å². The van der Waals surface area contributed by atoms with Crippen LogP contribution in [0, 0.1) is 0 Å². The number of hydrogen-bond acceptors (Lipinski definition) is 4. The third-order valence-corrected chi connectivity index (χ3v) is 5.15. The summed E-state index contributed by atoms with van der Waals surface area (Å²) in [6.07, 6.45) is 1.67. The number of carbonyl (C=O) groups excluding carboxylic acids is 1. The van der Waals surface area contributed by atoms with Gasteiger partial charge in [0.2, 0.25) is 0 Å². The Morgan fingerprint density at radius 1 is 1.19 bits per heavy atom. The van der Waals surface area contributed by atoms with Crippen molar-refractivity contribution >= 4 is 27.7 Å². The third-order valence-electron chi connectivity index (χ3n) is 4.51. The van der Waals surface area contributed by atoms with Crippen LogP contribution in [-0.2, 0) is 11.3 Å². The van der Waals surface area contributed by atoms with Crippen molar-refractivity contribution in [2.24, 2.45) is 0 Å². The lowest BCUT2D eigenvalue weighted by Gasteiger charge is -2.35. The average molecular weight is 418 g/mol. The van der Waals surface area contributed by atoms with Gasteiger partial charge in [0, 0.05) is 30.7 Å². The lowest BCUT2D eigenvalue weighted by atomic mass is 10.1. The highest BCUT2D eigenvalue weighted by Gasteiger charge is 2.23. The van der Waals surface area contributed by atoms with Gasteiger partial charge in [-0.3, -0.25) is 4.98 Å². The summed E-state index contributed by atoms with van der Waals surface area (Å²) < 4.78 is 6.46. The average Bonchev–Trinajstić information content (AvgIpc) is 2.66. The first-order chi connectivity index (χ1) is 12.5. The van der Waals surface area contributed by atoms with Crippen molar-refractivity contribution in [1.29, 1.82) is 0 Å². The normalized spacial score (nSPS) is 14.6. The molecule has 2 heterocycles. The highest BCUT2D eigenvalue weighted by atomic mass is 79.9. The standard InChI is InChI=1S/C20H24BrN3O2/c1-15(2)19-18(21)12-17(13-22-19)23-8-10-24(11-9-23)20(25)26-14-16-6-4-3-5-7-16/h3-7,12-13,15H,8-11,14H2,1-2H3. The van der Waals surface area contributed by atoms with E-state index in [-0.39, 0.29) is 6.09 Å². The number of nitrogens with zero attached hydrogens (tertiary/aromatic N) is 3. The Morgan fingerprint density at radius 2 is 1.88 bits per heavy atom. The second-order valence-electron chi connectivity index (χ2n) is 6.73. The summed E-state index contributed by atoms with van der Waals surface area (Å²) in [6, 6.07) is 11.9. The molecule has 1 saturated heterocycles. The van der Waals surface area contributed by atoms with Crippen molar-refractivity contribution in [3.05, 3.63) is 58.3 Å². The Hall–Kier alpha value is -2.08.